The molecule has 0 radical (unpaired) electrons. The fourth-order valence-corrected chi connectivity index (χ4v) is 2.51. The van der Waals surface area contributed by atoms with Crippen molar-refractivity contribution in [2.24, 2.45) is 11.7 Å². The van der Waals surface area contributed by atoms with Crippen molar-refractivity contribution < 1.29 is 0 Å². The van der Waals surface area contributed by atoms with Gasteiger partial charge in [0.05, 0.1) is 0 Å². The van der Waals surface area contributed by atoms with E-state index in [1.54, 1.807) is 0 Å². The molecular formula is C18H23N. The largest absolute Gasteiger partial charge is 0.326 e. The van der Waals surface area contributed by atoms with E-state index in [2.05, 4.69) is 63.2 Å². The second-order valence-electron chi connectivity index (χ2n) is 5.65. The molecule has 0 unspecified atom stereocenters. The van der Waals surface area contributed by atoms with Gasteiger partial charge in [-0.15, -0.1) is 0 Å². The average molecular weight is 253 g/mol. The van der Waals surface area contributed by atoms with Crippen LogP contribution in [0, 0.1) is 12.8 Å². The lowest BCUT2D eigenvalue weighted by molar-refractivity contribution is 0.647. The first kappa shape index (κ1) is 13.8. The van der Waals surface area contributed by atoms with Crippen LogP contribution in [-0.4, -0.2) is 0 Å². The fraction of sp³-hybridized carbons (Fsp3) is 0.333. The molecule has 0 heterocycles. The highest BCUT2D eigenvalue weighted by Gasteiger charge is 2.04. The van der Waals surface area contributed by atoms with Gasteiger partial charge in [-0.25, -0.2) is 0 Å². The third-order valence-corrected chi connectivity index (χ3v) is 3.41. The van der Waals surface area contributed by atoms with Crippen LogP contribution in [0.2, 0.25) is 0 Å². The summed E-state index contributed by atoms with van der Waals surface area (Å²) in [7, 11) is 0. The first-order valence-electron chi connectivity index (χ1n) is 6.99. The Morgan fingerprint density at radius 3 is 2.42 bits per heavy atom. The predicted octanol–water partition coefficient (Wildman–Crippen LogP) is 4.32. The van der Waals surface area contributed by atoms with Crippen molar-refractivity contribution in [3.8, 4) is 11.1 Å². The molecular weight excluding hydrogens is 230 g/mol. The Balaban J connectivity index is 2.36. The van der Waals surface area contributed by atoms with Crippen molar-refractivity contribution in [3.63, 3.8) is 0 Å². The van der Waals surface area contributed by atoms with E-state index in [1.807, 2.05) is 0 Å². The van der Waals surface area contributed by atoms with E-state index in [1.165, 1.54) is 27.8 Å². The van der Waals surface area contributed by atoms with Gasteiger partial charge in [-0.3, -0.25) is 0 Å². The second kappa shape index (κ2) is 6.03. The molecule has 2 N–H and O–H groups in total. The molecule has 0 atom stereocenters. The highest BCUT2D eigenvalue weighted by Crippen LogP contribution is 2.25. The third-order valence-electron chi connectivity index (χ3n) is 3.41. The van der Waals surface area contributed by atoms with Gasteiger partial charge in [0, 0.05) is 6.54 Å². The maximum Gasteiger partial charge on any atom is 0.0178 e. The van der Waals surface area contributed by atoms with E-state index in [0.717, 1.165) is 6.42 Å². The minimum atomic E-state index is 0.606. The first-order chi connectivity index (χ1) is 9.10. The lowest BCUT2D eigenvalue weighted by atomic mass is 9.95. The molecule has 100 valence electrons. The van der Waals surface area contributed by atoms with Crippen LogP contribution in [0.1, 0.15) is 30.5 Å². The molecule has 0 saturated carbocycles. The molecule has 1 heteroatoms. The van der Waals surface area contributed by atoms with Gasteiger partial charge in [-0.05, 0) is 47.1 Å². The maximum absolute atomic E-state index is 5.69. The highest BCUT2D eigenvalue weighted by atomic mass is 14.5. The predicted molar refractivity (Wildman–Crippen MR) is 83.0 cm³/mol. The van der Waals surface area contributed by atoms with Crippen LogP contribution in [0.5, 0.6) is 0 Å². The van der Waals surface area contributed by atoms with Crippen molar-refractivity contribution >= 4 is 0 Å². The van der Waals surface area contributed by atoms with Crippen LogP contribution in [0.25, 0.3) is 11.1 Å². The molecule has 0 spiro atoms. The van der Waals surface area contributed by atoms with Gasteiger partial charge in [-0.1, -0.05) is 56.3 Å². The monoisotopic (exact) mass is 253 g/mol. The lowest BCUT2D eigenvalue weighted by Gasteiger charge is -2.11. The Morgan fingerprint density at radius 1 is 1.00 bits per heavy atom. The number of hydrogen-bond acceptors (Lipinski definition) is 1. The summed E-state index contributed by atoms with van der Waals surface area (Å²) < 4.78 is 0. The molecule has 2 aromatic rings. The number of aryl methyl sites for hydroxylation is 1. The molecule has 19 heavy (non-hydrogen) atoms. The summed E-state index contributed by atoms with van der Waals surface area (Å²) in [6.45, 7) is 7.28. The van der Waals surface area contributed by atoms with E-state index < -0.39 is 0 Å². The molecule has 0 aliphatic heterocycles. The molecule has 0 fully saturated rings. The summed E-state index contributed by atoms with van der Waals surface area (Å²) in [5.74, 6) is 0.691. The molecule has 0 bridgehead atoms. The second-order valence-corrected chi connectivity index (χ2v) is 5.65. The van der Waals surface area contributed by atoms with Crippen molar-refractivity contribution in [2.75, 3.05) is 0 Å². The molecule has 0 aliphatic carbocycles. The van der Waals surface area contributed by atoms with Gasteiger partial charge < -0.3 is 5.73 Å². The molecule has 2 aromatic carbocycles. The van der Waals surface area contributed by atoms with Crippen LogP contribution in [0.4, 0.5) is 0 Å². The normalized spacial score (nSPS) is 11.0. The van der Waals surface area contributed by atoms with Gasteiger partial charge in [0.2, 0.25) is 0 Å². The summed E-state index contributed by atoms with van der Waals surface area (Å²) in [5.41, 5.74) is 12.2. The Kier molecular flexibility index (Phi) is 4.39. The minimum absolute atomic E-state index is 0.606. The van der Waals surface area contributed by atoms with Crippen molar-refractivity contribution in [1.29, 1.82) is 0 Å². The standard InChI is InChI=1S/C18H23N/c1-13(2)9-15-5-4-6-17(11-15)18-8-7-16(12-19)10-14(18)3/h4-8,10-11,13H,9,12,19H2,1-3H3. The van der Waals surface area contributed by atoms with Crippen molar-refractivity contribution in [3.05, 3.63) is 59.2 Å². The molecule has 0 aromatic heterocycles. The quantitative estimate of drug-likeness (QED) is 0.863. The summed E-state index contributed by atoms with van der Waals surface area (Å²) in [4.78, 5) is 0. The average Bonchev–Trinajstić information content (AvgIpc) is 2.38. The number of rotatable bonds is 4. The van der Waals surface area contributed by atoms with Crippen LogP contribution in [0.15, 0.2) is 42.5 Å². The Bertz CT molecular complexity index is 555. The zero-order valence-corrected chi connectivity index (χ0v) is 12.1. The maximum atomic E-state index is 5.69. The minimum Gasteiger partial charge on any atom is -0.326 e. The smallest absolute Gasteiger partial charge is 0.0178 e. The lowest BCUT2D eigenvalue weighted by Crippen LogP contribution is -1.97. The van der Waals surface area contributed by atoms with Gasteiger partial charge in [0.1, 0.15) is 0 Å². The summed E-state index contributed by atoms with van der Waals surface area (Å²) >= 11 is 0. The van der Waals surface area contributed by atoms with E-state index in [4.69, 9.17) is 5.73 Å². The van der Waals surface area contributed by atoms with Gasteiger partial charge >= 0.3 is 0 Å². The van der Waals surface area contributed by atoms with Crippen LogP contribution in [0.3, 0.4) is 0 Å². The van der Waals surface area contributed by atoms with Crippen LogP contribution in [-0.2, 0) is 13.0 Å². The zero-order chi connectivity index (χ0) is 13.8. The first-order valence-corrected chi connectivity index (χ1v) is 6.99. The van der Waals surface area contributed by atoms with Gasteiger partial charge in [-0.2, -0.15) is 0 Å². The molecule has 1 nitrogen and oxygen atoms in total. The van der Waals surface area contributed by atoms with Crippen molar-refractivity contribution in [2.45, 2.75) is 33.7 Å². The molecule has 0 aliphatic rings. The summed E-state index contributed by atoms with van der Waals surface area (Å²) in [6.07, 6.45) is 1.13. The number of benzene rings is 2. The fourth-order valence-electron chi connectivity index (χ4n) is 2.51. The Morgan fingerprint density at radius 2 is 1.79 bits per heavy atom. The van der Waals surface area contributed by atoms with Gasteiger partial charge in [0.25, 0.3) is 0 Å². The van der Waals surface area contributed by atoms with Gasteiger partial charge in [0.15, 0.2) is 0 Å². The van der Waals surface area contributed by atoms with E-state index in [-0.39, 0.29) is 0 Å². The Hall–Kier alpha value is -1.60. The topological polar surface area (TPSA) is 26.0 Å². The van der Waals surface area contributed by atoms with E-state index in [9.17, 15) is 0 Å². The summed E-state index contributed by atoms with van der Waals surface area (Å²) in [6, 6.07) is 15.4. The Labute approximate surface area is 116 Å². The molecule has 2 rings (SSSR count). The SMILES string of the molecule is Cc1cc(CN)ccc1-c1cccc(CC(C)C)c1. The van der Waals surface area contributed by atoms with Crippen molar-refractivity contribution in [1.82, 2.24) is 0 Å². The number of nitrogens with two attached hydrogens (primary N) is 1. The van der Waals surface area contributed by atoms with E-state index >= 15 is 0 Å². The number of hydrogen-bond donors (Lipinski definition) is 1. The summed E-state index contributed by atoms with van der Waals surface area (Å²) in [5, 5.41) is 0. The highest BCUT2D eigenvalue weighted by molar-refractivity contribution is 5.68. The molecule has 0 amide bonds. The zero-order valence-electron chi connectivity index (χ0n) is 12.1. The van der Waals surface area contributed by atoms with Crippen LogP contribution >= 0.6 is 0 Å². The van der Waals surface area contributed by atoms with Crippen LogP contribution < -0.4 is 5.73 Å². The third kappa shape index (κ3) is 3.45. The molecule has 0 saturated heterocycles. The van der Waals surface area contributed by atoms with E-state index in [0.29, 0.717) is 12.5 Å².